The Morgan fingerprint density at radius 3 is 2.67 bits per heavy atom. The van der Waals surface area contributed by atoms with E-state index in [2.05, 4.69) is 20.2 Å². The van der Waals surface area contributed by atoms with Crippen LogP contribution in [-0.4, -0.2) is 60.0 Å². The number of piperazine rings is 1. The van der Waals surface area contributed by atoms with Crippen molar-refractivity contribution in [2.24, 2.45) is 0 Å². The van der Waals surface area contributed by atoms with Gasteiger partial charge in [-0.2, -0.15) is 0 Å². The van der Waals surface area contributed by atoms with Crippen LogP contribution in [-0.2, 0) is 9.53 Å². The van der Waals surface area contributed by atoms with Gasteiger partial charge in [0.15, 0.2) is 0 Å². The predicted molar refractivity (Wildman–Crippen MR) is 102 cm³/mol. The standard InChI is InChI=1S/C19H23N5O3/c1-3-27-19(26)15-6-4-5-7-16(15)22-17-12-18(21-14(2)20-17)24-10-8-23(13-25)9-11-24/h4-7,12-13H,3,8-11H2,1-2H3,(H,20,21,22). The highest BCUT2D eigenvalue weighted by Crippen LogP contribution is 2.23. The topological polar surface area (TPSA) is 87.7 Å². The lowest BCUT2D eigenvalue weighted by atomic mass is 10.2. The van der Waals surface area contributed by atoms with Gasteiger partial charge in [0.2, 0.25) is 6.41 Å². The molecule has 0 aliphatic carbocycles. The molecule has 142 valence electrons. The number of benzene rings is 1. The van der Waals surface area contributed by atoms with Gasteiger partial charge < -0.3 is 19.9 Å². The van der Waals surface area contributed by atoms with Crippen LogP contribution in [0.3, 0.4) is 0 Å². The number of nitrogens with one attached hydrogen (secondary N) is 1. The fourth-order valence-corrected chi connectivity index (χ4v) is 2.95. The summed E-state index contributed by atoms with van der Waals surface area (Å²) in [5.41, 5.74) is 1.09. The number of aromatic nitrogens is 2. The first-order valence-corrected chi connectivity index (χ1v) is 8.94. The molecular formula is C19H23N5O3. The number of rotatable bonds is 6. The summed E-state index contributed by atoms with van der Waals surface area (Å²) in [7, 11) is 0. The summed E-state index contributed by atoms with van der Waals surface area (Å²) >= 11 is 0. The molecular weight excluding hydrogens is 346 g/mol. The number of esters is 1. The third-order valence-electron chi connectivity index (χ3n) is 4.30. The van der Waals surface area contributed by atoms with Gasteiger partial charge in [-0.1, -0.05) is 12.1 Å². The first-order chi connectivity index (χ1) is 13.1. The largest absolute Gasteiger partial charge is 0.462 e. The summed E-state index contributed by atoms with van der Waals surface area (Å²) in [6.07, 6.45) is 0.877. The van der Waals surface area contributed by atoms with Crippen molar-refractivity contribution in [3.05, 3.63) is 41.7 Å². The van der Waals surface area contributed by atoms with Crippen molar-refractivity contribution in [2.75, 3.05) is 43.0 Å². The summed E-state index contributed by atoms with van der Waals surface area (Å²) in [6, 6.07) is 9.02. The minimum atomic E-state index is -0.378. The second kappa shape index (κ2) is 8.48. The number of amides is 1. The van der Waals surface area contributed by atoms with E-state index < -0.39 is 0 Å². The van der Waals surface area contributed by atoms with Crippen LogP contribution in [0.5, 0.6) is 0 Å². The van der Waals surface area contributed by atoms with Gasteiger partial charge in [-0.15, -0.1) is 0 Å². The Morgan fingerprint density at radius 2 is 1.96 bits per heavy atom. The average Bonchev–Trinajstić information content (AvgIpc) is 2.68. The quantitative estimate of drug-likeness (QED) is 0.615. The normalized spacial score (nSPS) is 14.0. The average molecular weight is 369 g/mol. The van der Waals surface area contributed by atoms with Gasteiger partial charge in [0.25, 0.3) is 0 Å². The summed E-state index contributed by atoms with van der Waals surface area (Å²) in [5.74, 6) is 1.65. The predicted octanol–water partition coefficient (Wildman–Crippen LogP) is 1.98. The van der Waals surface area contributed by atoms with Crippen LogP contribution in [0.15, 0.2) is 30.3 Å². The van der Waals surface area contributed by atoms with Crippen LogP contribution in [0.1, 0.15) is 23.1 Å². The highest BCUT2D eigenvalue weighted by Gasteiger charge is 2.18. The number of ether oxygens (including phenoxy) is 1. The fourth-order valence-electron chi connectivity index (χ4n) is 2.95. The molecule has 1 N–H and O–H groups in total. The van der Waals surface area contributed by atoms with Crippen molar-refractivity contribution >= 4 is 29.7 Å². The van der Waals surface area contributed by atoms with Gasteiger partial charge in [0.05, 0.1) is 17.9 Å². The number of hydrogen-bond acceptors (Lipinski definition) is 7. The Bertz CT molecular complexity index is 819. The molecule has 27 heavy (non-hydrogen) atoms. The molecule has 3 rings (SSSR count). The van der Waals surface area contributed by atoms with E-state index in [1.54, 1.807) is 24.0 Å². The number of carbonyl (C=O) groups is 2. The van der Waals surface area contributed by atoms with Gasteiger partial charge in [0, 0.05) is 32.2 Å². The van der Waals surface area contributed by atoms with E-state index in [1.165, 1.54) is 0 Å². The van der Waals surface area contributed by atoms with Crippen molar-refractivity contribution in [1.29, 1.82) is 0 Å². The van der Waals surface area contributed by atoms with Crippen LogP contribution in [0.2, 0.25) is 0 Å². The van der Waals surface area contributed by atoms with Crippen LogP contribution in [0.25, 0.3) is 0 Å². The number of aryl methyl sites for hydroxylation is 1. The van der Waals surface area contributed by atoms with Crippen molar-refractivity contribution in [1.82, 2.24) is 14.9 Å². The summed E-state index contributed by atoms with van der Waals surface area (Å²) < 4.78 is 5.12. The molecule has 1 saturated heterocycles. The Labute approximate surface area is 158 Å². The van der Waals surface area contributed by atoms with Crippen LogP contribution in [0.4, 0.5) is 17.3 Å². The number of nitrogens with zero attached hydrogens (tertiary/aromatic N) is 4. The fraction of sp³-hybridized carbons (Fsp3) is 0.368. The SMILES string of the molecule is CCOC(=O)c1ccccc1Nc1cc(N2CCN(C=O)CC2)nc(C)n1. The van der Waals surface area contributed by atoms with E-state index in [-0.39, 0.29) is 5.97 Å². The number of carbonyl (C=O) groups excluding carboxylic acids is 2. The monoisotopic (exact) mass is 369 g/mol. The molecule has 0 unspecified atom stereocenters. The first-order valence-electron chi connectivity index (χ1n) is 8.94. The molecule has 8 heteroatoms. The highest BCUT2D eigenvalue weighted by atomic mass is 16.5. The smallest absolute Gasteiger partial charge is 0.340 e. The third kappa shape index (κ3) is 4.52. The molecule has 1 aromatic heterocycles. The molecule has 8 nitrogen and oxygen atoms in total. The van der Waals surface area contributed by atoms with E-state index in [9.17, 15) is 9.59 Å². The Morgan fingerprint density at radius 1 is 1.22 bits per heavy atom. The minimum absolute atomic E-state index is 0.316. The zero-order valence-corrected chi connectivity index (χ0v) is 15.5. The van der Waals surface area contributed by atoms with Gasteiger partial charge in [-0.25, -0.2) is 14.8 Å². The molecule has 1 aromatic carbocycles. The lowest BCUT2D eigenvalue weighted by Gasteiger charge is -2.33. The van der Waals surface area contributed by atoms with Crippen molar-refractivity contribution < 1.29 is 14.3 Å². The van der Waals surface area contributed by atoms with E-state index in [0.29, 0.717) is 55.7 Å². The van der Waals surface area contributed by atoms with Crippen molar-refractivity contribution in [3.63, 3.8) is 0 Å². The number of para-hydroxylation sites is 1. The van der Waals surface area contributed by atoms with E-state index in [1.807, 2.05) is 25.1 Å². The van der Waals surface area contributed by atoms with E-state index in [4.69, 9.17) is 4.74 Å². The molecule has 2 aromatic rings. The molecule has 0 bridgehead atoms. The van der Waals surface area contributed by atoms with Gasteiger partial charge in [0.1, 0.15) is 17.5 Å². The molecule has 2 heterocycles. The zero-order valence-electron chi connectivity index (χ0n) is 15.5. The minimum Gasteiger partial charge on any atom is -0.462 e. The molecule has 0 spiro atoms. The van der Waals surface area contributed by atoms with Crippen molar-refractivity contribution in [3.8, 4) is 0 Å². The number of anilines is 3. The second-order valence-electron chi connectivity index (χ2n) is 6.18. The Hall–Kier alpha value is -3.16. The van der Waals surface area contributed by atoms with Gasteiger partial charge in [-0.3, -0.25) is 4.79 Å². The Kier molecular flexibility index (Phi) is 5.85. The Balaban J connectivity index is 1.82. The van der Waals surface area contributed by atoms with Gasteiger partial charge >= 0.3 is 5.97 Å². The molecule has 1 fully saturated rings. The summed E-state index contributed by atoms with van der Waals surface area (Å²) in [4.78, 5) is 35.9. The molecule has 0 saturated carbocycles. The van der Waals surface area contributed by atoms with E-state index in [0.717, 1.165) is 12.2 Å². The third-order valence-corrected chi connectivity index (χ3v) is 4.30. The van der Waals surface area contributed by atoms with Crippen molar-refractivity contribution in [2.45, 2.75) is 13.8 Å². The maximum atomic E-state index is 12.2. The maximum absolute atomic E-state index is 12.2. The molecule has 1 aliphatic heterocycles. The van der Waals surface area contributed by atoms with Gasteiger partial charge in [-0.05, 0) is 26.0 Å². The zero-order chi connectivity index (χ0) is 19.2. The lowest BCUT2D eigenvalue weighted by molar-refractivity contribution is -0.118. The number of hydrogen-bond donors (Lipinski definition) is 1. The highest BCUT2D eigenvalue weighted by molar-refractivity contribution is 5.96. The molecule has 1 amide bonds. The molecule has 0 atom stereocenters. The lowest BCUT2D eigenvalue weighted by Crippen LogP contribution is -2.46. The molecule has 1 aliphatic rings. The summed E-state index contributed by atoms with van der Waals surface area (Å²) in [5, 5.41) is 3.21. The van der Waals surface area contributed by atoms with Crippen LogP contribution >= 0.6 is 0 Å². The first kappa shape index (κ1) is 18.6. The molecule has 0 radical (unpaired) electrons. The van der Waals surface area contributed by atoms with E-state index >= 15 is 0 Å². The second-order valence-corrected chi connectivity index (χ2v) is 6.18. The maximum Gasteiger partial charge on any atom is 0.340 e. The van der Waals surface area contributed by atoms with Crippen LogP contribution < -0.4 is 10.2 Å². The summed E-state index contributed by atoms with van der Waals surface area (Å²) in [6.45, 7) is 6.69. The van der Waals surface area contributed by atoms with Crippen LogP contribution in [0, 0.1) is 6.92 Å².